The quantitative estimate of drug-likeness (QED) is 0.533. The van der Waals surface area contributed by atoms with Crippen LogP contribution in [0.2, 0.25) is 0 Å². The molecule has 1 saturated heterocycles. The Morgan fingerprint density at radius 2 is 2.20 bits per heavy atom. The Kier molecular flexibility index (Phi) is 5.42. The number of carbonyl (C=O) groups is 1. The number of rotatable bonds is 5. The Balaban J connectivity index is 2.08. The molecule has 0 amide bonds. The molecule has 0 bridgehead atoms. The number of nitrogens with two attached hydrogens (primary N) is 2. The van der Waals surface area contributed by atoms with Crippen molar-refractivity contribution >= 4 is 17.7 Å². The van der Waals surface area contributed by atoms with Crippen LogP contribution in [-0.4, -0.2) is 36.2 Å². The van der Waals surface area contributed by atoms with E-state index in [1.165, 1.54) is 7.11 Å². The number of ether oxygens (including phenoxy) is 1. The molecule has 1 rings (SSSR count). The van der Waals surface area contributed by atoms with Crippen molar-refractivity contribution in [2.75, 3.05) is 12.9 Å². The molecule has 0 aromatic carbocycles. The molecule has 4 N–H and O–H groups in total. The maximum atomic E-state index is 10.9. The fourth-order valence-electron chi connectivity index (χ4n) is 1.73. The average Bonchev–Trinajstić information content (AvgIpc) is 2.55. The van der Waals surface area contributed by atoms with Crippen molar-refractivity contribution in [3.8, 4) is 0 Å². The molecule has 1 aliphatic rings. The second-order valence-corrected chi connectivity index (χ2v) is 5.21. The van der Waals surface area contributed by atoms with Crippen LogP contribution in [0.25, 0.3) is 0 Å². The molecular formula is C10H20N2O2S. The summed E-state index contributed by atoms with van der Waals surface area (Å²) >= 11 is 1.86. The Labute approximate surface area is 95.1 Å². The predicted octanol–water partition coefficient (Wildman–Crippen LogP) is 0.490. The van der Waals surface area contributed by atoms with Crippen LogP contribution in [0.3, 0.4) is 0 Å². The molecule has 0 aliphatic carbocycles. The lowest BCUT2D eigenvalue weighted by atomic mass is 10.0. The highest BCUT2D eigenvalue weighted by Gasteiger charge is 2.30. The molecule has 0 aromatic rings. The first-order valence-electron chi connectivity index (χ1n) is 5.34. The first-order valence-corrected chi connectivity index (χ1v) is 6.39. The second kappa shape index (κ2) is 6.35. The molecule has 15 heavy (non-hydrogen) atoms. The van der Waals surface area contributed by atoms with E-state index >= 15 is 0 Å². The lowest BCUT2D eigenvalue weighted by Gasteiger charge is -2.16. The van der Waals surface area contributed by atoms with Crippen molar-refractivity contribution < 1.29 is 9.53 Å². The van der Waals surface area contributed by atoms with Gasteiger partial charge in [-0.05, 0) is 12.8 Å². The number of esters is 1. The average molecular weight is 232 g/mol. The fraction of sp³-hybridized carbons (Fsp3) is 0.900. The first-order chi connectivity index (χ1) is 7.15. The van der Waals surface area contributed by atoms with E-state index in [9.17, 15) is 4.79 Å². The monoisotopic (exact) mass is 232 g/mol. The SMILES string of the molecule is COC(=O)CCCC[C@H]1SC[C@@H](N)[C@H]1N. The Bertz CT molecular complexity index is 214. The van der Waals surface area contributed by atoms with E-state index in [0.717, 1.165) is 25.0 Å². The Hall–Kier alpha value is -0.260. The lowest BCUT2D eigenvalue weighted by Crippen LogP contribution is -2.43. The van der Waals surface area contributed by atoms with E-state index in [1.54, 1.807) is 0 Å². The van der Waals surface area contributed by atoms with E-state index in [1.807, 2.05) is 11.8 Å². The van der Waals surface area contributed by atoms with E-state index in [4.69, 9.17) is 11.5 Å². The van der Waals surface area contributed by atoms with Gasteiger partial charge in [0.1, 0.15) is 0 Å². The number of hydrogen-bond donors (Lipinski definition) is 2. The Morgan fingerprint density at radius 1 is 1.47 bits per heavy atom. The molecule has 1 aliphatic heterocycles. The topological polar surface area (TPSA) is 78.3 Å². The van der Waals surface area contributed by atoms with Crippen molar-refractivity contribution in [3.63, 3.8) is 0 Å². The minimum absolute atomic E-state index is 0.119. The van der Waals surface area contributed by atoms with Gasteiger partial charge < -0.3 is 16.2 Å². The molecule has 0 unspecified atom stereocenters. The van der Waals surface area contributed by atoms with Crippen LogP contribution >= 0.6 is 11.8 Å². The van der Waals surface area contributed by atoms with E-state index in [0.29, 0.717) is 11.7 Å². The van der Waals surface area contributed by atoms with Gasteiger partial charge in [-0.2, -0.15) is 11.8 Å². The highest BCUT2D eigenvalue weighted by molar-refractivity contribution is 8.00. The minimum Gasteiger partial charge on any atom is -0.469 e. The fourth-order valence-corrected chi connectivity index (χ4v) is 3.17. The van der Waals surface area contributed by atoms with Gasteiger partial charge in [-0.3, -0.25) is 4.79 Å². The van der Waals surface area contributed by atoms with E-state index in [2.05, 4.69) is 4.74 Å². The summed E-state index contributed by atoms with van der Waals surface area (Å²) in [7, 11) is 1.42. The molecule has 0 spiro atoms. The lowest BCUT2D eigenvalue weighted by molar-refractivity contribution is -0.140. The van der Waals surface area contributed by atoms with Crippen molar-refractivity contribution in [2.24, 2.45) is 11.5 Å². The third kappa shape index (κ3) is 4.01. The van der Waals surface area contributed by atoms with Crippen LogP contribution < -0.4 is 11.5 Å². The van der Waals surface area contributed by atoms with Gasteiger partial charge in [-0.1, -0.05) is 6.42 Å². The van der Waals surface area contributed by atoms with E-state index in [-0.39, 0.29) is 18.1 Å². The molecular weight excluding hydrogens is 212 g/mol. The number of carbonyl (C=O) groups excluding carboxylic acids is 1. The summed E-state index contributed by atoms with van der Waals surface area (Å²) < 4.78 is 4.57. The zero-order chi connectivity index (χ0) is 11.3. The summed E-state index contributed by atoms with van der Waals surface area (Å²) in [5.41, 5.74) is 11.8. The maximum Gasteiger partial charge on any atom is 0.305 e. The molecule has 0 aromatic heterocycles. The molecule has 1 heterocycles. The number of thioether (sulfide) groups is 1. The molecule has 5 heteroatoms. The van der Waals surface area contributed by atoms with Gasteiger partial charge >= 0.3 is 5.97 Å². The molecule has 4 nitrogen and oxygen atoms in total. The maximum absolute atomic E-state index is 10.9. The largest absolute Gasteiger partial charge is 0.469 e. The van der Waals surface area contributed by atoms with Gasteiger partial charge in [0, 0.05) is 29.5 Å². The van der Waals surface area contributed by atoms with Crippen LogP contribution in [0.15, 0.2) is 0 Å². The van der Waals surface area contributed by atoms with Gasteiger partial charge in [0.25, 0.3) is 0 Å². The van der Waals surface area contributed by atoms with Crippen LogP contribution in [0, 0.1) is 0 Å². The van der Waals surface area contributed by atoms with Gasteiger partial charge in [0.2, 0.25) is 0 Å². The third-order valence-electron chi connectivity index (χ3n) is 2.77. The van der Waals surface area contributed by atoms with Crippen LogP contribution in [0.5, 0.6) is 0 Å². The van der Waals surface area contributed by atoms with Gasteiger partial charge in [-0.15, -0.1) is 0 Å². The first kappa shape index (κ1) is 12.8. The standard InChI is InChI=1S/C10H20N2O2S/c1-14-9(13)5-3-2-4-8-10(12)7(11)6-15-8/h7-8,10H,2-6,11-12H2,1H3/t7-,8-,10-/m1/s1. The van der Waals surface area contributed by atoms with Crippen molar-refractivity contribution in [3.05, 3.63) is 0 Å². The Morgan fingerprint density at radius 3 is 2.73 bits per heavy atom. The zero-order valence-corrected chi connectivity index (χ0v) is 9.96. The number of hydrogen-bond acceptors (Lipinski definition) is 5. The molecule has 0 saturated carbocycles. The van der Waals surface area contributed by atoms with Crippen molar-refractivity contribution in [1.29, 1.82) is 0 Å². The van der Waals surface area contributed by atoms with Crippen molar-refractivity contribution in [1.82, 2.24) is 0 Å². The zero-order valence-electron chi connectivity index (χ0n) is 9.15. The number of unbranched alkanes of at least 4 members (excludes halogenated alkanes) is 1. The molecule has 3 atom stereocenters. The van der Waals surface area contributed by atoms with Crippen LogP contribution in [0.1, 0.15) is 25.7 Å². The summed E-state index contributed by atoms with van der Waals surface area (Å²) in [6.07, 6.45) is 3.46. The highest BCUT2D eigenvalue weighted by atomic mass is 32.2. The summed E-state index contributed by atoms with van der Waals surface area (Å²) in [6.45, 7) is 0. The van der Waals surface area contributed by atoms with Gasteiger partial charge in [0.05, 0.1) is 7.11 Å². The third-order valence-corrected chi connectivity index (χ3v) is 4.33. The highest BCUT2D eigenvalue weighted by Crippen LogP contribution is 2.28. The number of methoxy groups -OCH3 is 1. The predicted molar refractivity (Wildman–Crippen MR) is 62.7 cm³/mol. The van der Waals surface area contributed by atoms with Crippen LogP contribution in [0.4, 0.5) is 0 Å². The summed E-state index contributed by atoms with van der Waals surface area (Å²) in [5, 5.41) is 0.470. The van der Waals surface area contributed by atoms with Crippen molar-refractivity contribution in [2.45, 2.75) is 43.0 Å². The van der Waals surface area contributed by atoms with Crippen LogP contribution in [-0.2, 0) is 9.53 Å². The smallest absolute Gasteiger partial charge is 0.305 e. The molecule has 1 fully saturated rings. The minimum atomic E-state index is -0.130. The van der Waals surface area contributed by atoms with Gasteiger partial charge in [0.15, 0.2) is 0 Å². The molecule has 88 valence electrons. The summed E-state index contributed by atoms with van der Waals surface area (Å²) in [6, 6.07) is 0.258. The summed E-state index contributed by atoms with van der Waals surface area (Å²) in [5.74, 6) is 0.832. The summed E-state index contributed by atoms with van der Waals surface area (Å²) in [4.78, 5) is 10.9. The second-order valence-electron chi connectivity index (χ2n) is 3.93. The van der Waals surface area contributed by atoms with Gasteiger partial charge in [-0.25, -0.2) is 0 Å². The van der Waals surface area contributed by atoms with E-state index < -0.39 is 0 Å². The molecule has 0 radical (unpaired) electrons. The normalized spacial score (nSPS) is 30.5.